The Labute approximate surface area is 148 Å². The van der Waals surface area contributed by atoms with Gasteiger partial charge in [-0.25, -0.2) is 0 Å². The number of amides is 1. The number of carbonyl (C=O) groups excluding carboxylic acids is 1. The highest BCUT2D eigenvalue weighted by atomic mass is 32.1. The van der Waals surface area contributed by atoms with E-state index in [9.17, 15) is 9.59 Å². The summed E-state index contributed by atoms with van der Waals surface area (Å²) in [5, 5.41) is 4.63. The maximum Gasteiger partial charge on any atom is 0.268 e. The average Bonchev–Trinajstić information content (AvgIpc) is 3.15. The van der Waals surface area contributed by atoms with E-state index in [2.05, 4.69) is 12.1 Å². The van der Waals surface area contributed by atoms with Crippen molar-refractivity contribution < 1.29 is 9.53 Å². The Kier molecular flexibility index (Phi) is 4.15. The highest BCUT2D eigenvalue weighted by molar-refractivity contribution is 7.08. The van der Waals surface area contributed by atoms with Gasteiger partial charge in [0.2, 0.25) is 0 Å². The number of hydrogen-bond acceptors (Lipinski definition) is 4. The van der Waals surface area contributed by atoms with Gasteiger partial charge in [0, 0.05) is 18.6 Å². The summed E-state index contributed by atoms with van der Waals surface area (Å²) in [5.41, 5.74) is 7.81. The molecule has 0 radical (unpaired) electrons. The number of fused-ring (bicyclic) bond motifs is 1. The molecule has 1 fully saturated rings. The molecule has 4 rings (SSSR count). The number of rotatable bonds is 3. The number of primary amides is 1. The van der Waals surface area contributed by atoms with Gasteiger partial charge in [-0.1, -0.05) is 12.1 Å². The molecule has 128 valence electrons. The van der Waals surface area contributed by atoms with Crippen molar-refractivity contribution in [3.8, 4) is 5.69 Å². The van der Waals surface area contributed by atoms with E-state index in [1.54, 1.807) is 10.6 Å². The van der Waals surface area contributed by atoms with Crippen LogP contribution in [0.15, 0.2) is 45.9 Å². The van der Waals surface area contributed by atoms with E-state index in [0.717, 1.165) is 42.6 Å². The summed E-state index contributed by atoms with van der Waals surface area (Å²) < 4.78 is 7.04. The number of nitrogens with zero attached hydrogens (tertiary/aromatic N) is 1. The second-order valence-electron chi connectivity index (χ2n) is 6.25. The van der Waals surface area contributed by atoms with Crippen LogP contribution in [-0.2, 0) is 4.74 Å². The molecule has 2 N–H and O–H groups in total. The lowest BCUT2D eigenvalue weighted by Gasteiger charge is -2.23. The quantitative estimate of drug-likeness (QED) is 0.785. The third-order valence-corrected chi connectivity index (χ3v) is 5.42. The summed E-state index contributed by atoms with van der Waals surface area (Å²) in [7, 11) is 0. The Morgan fingerprint density at radius 1 is 1.20 bits per heavy atom. The van der Waals surface area contributed by atoms with Crippen molar-refractivity contribution >= 4 is 28.1 Å². The smallest absolute Gasteiger partial charge is 0.268 e. The minimum Gasteiger partial charge on any atom is -0.381 e. The number of thiophene rings is 1. The van der Waals surface area contributed by atoms with E-state index in [-0.39, 0.29) is 11.1 Å². The minimum absolute atomic E-state index is 0.0116. The summed E-state index contributed by atoms with van der Waals surface area (Å²) in [5.74, 6) is -0.274. The number of carbonyl (C=O) groups is 1. The van der Waals surface area contributed by atoms with Gasteiger partial charge in [-0.2, -0.15) is 11.3 Å². The first-order valence-electron chi connectivity index (χ1n) is 8.25. The van der Waals surface area contributed by atoms with Gasteiger partial charge in [0.25, 0.3) is 11.5 Å². The molecule has 1 saturated heterocycles. The zero-order valence-corrected chi connectivity index (χ0v) is 14.4. The fourth-order valence-corrected chi connectivity index (χ4v) is 4.05. The topological polar surface area (TPSA) is 74.3 Å². The van der Waals surface area contributed by atoms with Crippen molar-refractivity contribution in [3.05, 3.63) is 62.6 Å². The molecular weight excluding hydrogens is 336 g/mol. The molecule has 1 aliphatic rings. The fraction of sp³-hybridized carbons (Fsp3) is 0.263. The van der Waals surface area contributed by atoms with Crippen molar-refractivity contribution in [2.24, 2.45) is 5.73 Å². The highest BCUT2D eigenvalue weighted by Crippen LogP contribution is 2.30. The van der Waals surface area contributed by atoms with Crippen LogP contribution in [0.1, 0.15) is 34.7 Å². The molecule has 1 aromatic carbocycles. The van der Waals surface area contributed by atoms with E-state index >= 15 is 0 Å². The van der Waals surface area contributed by atoms with Gasteiger partial charge < -0.3 is 10.5 Å². The Balaban J connectivity index is 1.97. The molecule has 0 aliphatic carbocycles. The van der Waals surface area contributed by atoms with Gasteiger partial charge in [-0.3, -0.25) is 14.2 Å². The number of aromatic nitrogens is 1. The summed E-state index contributed by atoms with van der Waals surface area (Å²) >= 11 is 1.51. The Bertz CT molecular complexity index is 986. The lowest BCUT2D eigenvalue weighted by atomic mass is 9.91. The second kappa shape index (κ2) is 6.46. The van der Waals surface area contributed by atoms with Crippen molar-refractivity contribution in [2.75, 3.05) is 13.2 Å². The van der Waals surface area contributed by atoms with Crippen molar-refractivity contribution in [1.29, 1.82) is 0 Å². The maximum absolute atomic E-state index is 12.9. The van der Waals surface area contributed by atoms with Gasteiger partial charge in [0.05, 0.1) is 11.2 Å². The summed E-state index contributed by atoms with van der Waals surface area (Å²) in [6.07, 6.45) is 1.96. The zero-order chi connectivity index (χ0) is 17.4. The lowest BCUT2D eigenvalue weighted by Crippen LogP contribution is -2.28. The number of hydrogen-bond donors (Lipinski definition) is 1. The van der Waals surface area contributed by atoms with Crippen LogP contribution in [0.25, 0.3) is 16.6 Å². The number of benzene rings is 1. The maximum atomic E-state index is 12.9. The third-order valence-electron chi connectivity index (χ3n) is 4.75. The molecular formula is C19H18N2O3S. The second-order valence-corrected chi connectivity index (χ2v) is 7.03. The van der Waals surface area contributed by atoms with Crippen molar-refractivity contribution in [2.45, 2.75) is 18.8 Å². The number of nitrogens with two attached hydrogens (primary N) is 1. The van der Waals surface area contributed by atoms with Crippen LogP contribution in [0, 0.1) is 0 Å². The third kappa shape index (κ3) is 2.88. The van der Waals surface area contributed by atoms with Crippen molar-refractivity contribution in [3.63, 3.8) is 0 Å². The SMILES string of the molecule is NC(=O)c1cc2ccc(C3CCOCC3)cc2n(-c2ccsc2)c1=O. The number of pyridine rings is 1. The molecule has 1 aliphatic heterocycles. The molecule has 0 bridgehead atoms. The van der Waals surface area contributed by atoms with Gasteiger partial charge >= 0.3 is 0 Å². The zero-order valence-electron chi connectivity index (χ0n) is 13.6. The summed E-state index contributed by atoms with van der Waals surface area (Å²) in [4.78, 5) is 24.6. The molecule has 0 spiro atoms. The largest absolute Gasteiger partial charge is 0.381 e. The van der Waals surface area contributed by atoms with E-state index in [1.807, 2.05) is 22.9 Å². The van der Waals surface area contributed by atoms with E-state index in [0.29, 0.717) is 5.92 Å². The first kappa shape index (κ1) is 16.1. The van der Waals surface area contributed by atoms with Gasteiger partial charge in [-0.05, 0) is 53.3 Å². The normalized spacial score (nSPS) is 15.5. The molecule has 2 aromatic heterocycles. The molecule has 0 saturated carbocycles. The molecule has 3 heterocycles. The molecule has 5 nitrogen and oxygen atoms in total. The Morgan fingerprint density at radius 2 is 2.00 bits per heavy atom. The standard InChI is InChI=1S/C19H18N2O3S/c20-18(22)16-9-14-2-1-13(12-3-6-24-7-4-12)10-17(14)21(19(16)23)15-5-8-25-11-15/h1-2,5,8-12H,3-4,6-7H2,(H2,20,22). The molecule has 6 heteroatoms. The van der Waals surface area contributed by atoms with E-state index in [1.165, 1.54) is 16.9 Å². The summed E-state index contributed by atoms with van der Waals surface area (Å²) in [6.45, 7) is 1.53. The van der Waals surface area contributed by atoms with Gasteiger partial charge in [0.1, 0.15) is 5.56 Å². The van der Waals surface area contributed by atoms with Gasteiger partial charge in [-0.15, -0.1) is 0 Å². The van der Waals surface area contributed by atoms with Crippen LogP contribution in [0.3, 0.4) is 0 Å². The summed E-state index contributed by atoms with van der Waals surface area (Å²) in [6, 6.07) is 9.57. The van der Waals surface area contributed by atoms with Crippen LogP contribution in [-0.4, -0.2) is 23.7 Å². The average molecular weight is 354 g/mol. The molecule has 0 unspecified atom stereocenters. The molecule has 1 amide bonds. The molecule has 25 heavy (non-hydrogen) atoms. The predicted octanol–water partition coefficient (Wildman–Crippen LogP) is 3.05. The van der Waals surface area contributed by atoms with Crippen LogP contribution in [0.4, 0.5) is 0 Å². The van der Waals surface area contributed by atoms with Gasteiger partial charge in [0.15, 0.2) is 0 Å². The van der Waals surface area contributed by atoms with Crippen LogP contribution < -0.4 is 11.3 Å². The molecule has 3 aromatic rings. The van der Waals surface area contributed by atoms with Crippen molar-refractivity contribution in [1.82, 2.24) is 4.57 Å². The minimum atomic E-state index is -0.704. The fourth-order valence-electron chi connectivity index (χ4n) is 3.43. The first-order valence-corrected chi connectivity index (χ1v) is 9.19. The molecule has 0 atom stereocenters. The van der Waals surface area contributed by atoms with E-state index < -0.39 is 5.91 Å². The Morgan fingerprint density at radius 3 is 2.68 bits per heavy atom. The number of ether oxygens (including phenoxy) is 1. The van der Waals surface area contributed by atoms with Crippen LogP contribution >= 0.6 is 11.3 Å². The monoisotopic (exact) mass is 354 g/mol. The van der Waals surface area contributed by atoms with E-state index in [4.69, 9.17) is 10.5 Å². The highest BCUT2D eigenvalue weighted by Gasteiger charge is 2.19. The Hall–Kier alpha value is -2.44. The van der Waals surface area contributed by atoms with Crippen LogP contribution in [0.2, 0.25) is 0 Å². The predicted molar refractivity (Wildman–Crippen MR) is 98.7 cm³/mol. The first-order chi connectivity index (χ1) is 12.1. The van der Waals surface area contributed by atoms with Crippen LogP contribution in [0.5, 0.6) is 0 Å². The lowest BCUT2D eigenvalue weighted by molar-refractivity contribution is 0.0853.